The first-order valence-electron chi connectivity index (χ1n) is 7.92. The van der Waals surface area contributed by atoms with E-state index in [0.717, 1.165) is 11.3 Å². The van der Waals surface area contributed by atoms with Crippen LogP contribution in [0.5, 0.6) is 11.5 Å². The Labute approximate surface area is 146 Å². The average Bonchev–Trinajstić information content (AvgIpc) is 3.06. The van der Waals surface area contributed by atoms with Gasteiger partial charge in [0.15, 0.2) is 0 Å². The summed E-state index contributed by atoms with van der Waals surface area (Å²) >= 11 is 0. The van der Waals surface area contributed by atoms with E-state index in [-0.39, 0.29) is 0 Å². The summed E-state index contributed by atoms with van der Waals surface area (Å²) in [6.07, 6.45) is 2.91. The van der Waals surface area contributed by atoms with Gasteiger partial charge in [-0.2, -0.15) is 0 Å². The number of carbonyl (C=O) groups excluding carboxylic acids is 1. The number of hydrogen-bond donors (Lipinski definition) is 0. The maximum atomic E-state index is 11.8. The second-order valence-corrected chi connectivity index (χ2v) is 5.45. The fraction of sp³-hybridized carbons (Fsp3) is 0.0952. The molecule has 0 bridgehead atoms. The molecule has 2 aromatic carbocycles. The second-order valence-electron chi connectivity index (χ2n) is 5.45. The summed E-state index contributed by atoms with van der Waals surface area (Å²) in [6.45, 7) is 2.34. The normalized spacial score (nSPS) is 10.8. The fourth-order valence-corrected chi connectivity index (χ4v) is 2.19. The zero-order chi connectivity index (χ0) is 17.5. The number of hydrogen-bond acceptors (Lipinski definition) is 4. The van der Waals surface area contributed by atoms with Crippen LogP contribution in [0.25, 0.3) is 6.08 Å². The number of rotatable bonds is 6. The molecule has 0 spiro atoms. The number of ether oxygens (including phenoxy) is 2. The van der Waals surface area contributed by atoms with Crippen molar-refractivity contribution in [2.75, 3.05) is 0 Å². The van der Waals surface area contributed by atoms with Gasteiger partial charge in [-0.1, -0.05) is 30.3 Å². The smallest absolute Gasteiger partial charge is 0.336 e. The maximum absolute atomic E-state index is 11.8. The van der Waals surface area contributed by atoms with Crippen LogP contribution in [-0.2, 0) is 11.4 Å². The van der Waals surface area contributed by atoms with Gasteiger partial charge in [-0.25, -0.2) is 4.79 Å². The van der Waals surface area contributed by atoms with Gasteiger partial charge >= 0.3 is 5.97 Å². The molecular formula is C21H18O4. The molecule has 0 saturated heterocycles. The third-order valence-corrected chi connectivity index (χ3v) is 3.44. The predicted molar refractivity (Wildman–Crippen MR) is 95.3 cm³/mol. The first-order valence-corrected chi connectivity index (χ1v) is 7.92. The summed E-state index contributed by atoms with van der Waals surface area (Å²) < 4.78 is 16.3. The summed E-state index contributed by atoms with van der Waals surface area (Å²) in [4.78, 5) is 11.8. The highest BCUT2D eigenvalue weighted by atomic mass is 16.5. The lowest BCUT2D eigenvalue weighted by Crippen LogP contribution is -2.03. The van der Waals surface area contributed by atoms with E-state index in [1.165, 1.54) is 6.08 Å². The Kier molecular flexibility index (Phi) is 5.32. The molecule has 0 atom stereocenters. The van der Waals surface area contributed by atoms with Gasteiger partial charge in [0.25, 0.3) is 0 Å². The van der Waals surface area contributed by atoms with E-state index in [0.29, 0.717) is 23.9 Å². The Hall–Kier alpha value is -3.27. The Morgan fingerprint density at radius 2 is 1.68 bits per heavy atom. The Morgan fingerprint density at radius 1 is 0.960 bits per heavy atom. The summed E-state index contributed by atoms with van der Waals surface area (Å²) in [7, 11) is 0. The molecule has 0 saturated carbocycles. The van der Waals surface area contributed by atoms with Crippen molar-refractivity contribution in [1.82, 2.24) is 0 Å². The van der Waals surface area contributed by atoms with Gasteiger partial charge in [0.1, 0.15) is 29.6 Å². The highest BCUT2D eigenvalue weighted by molar-refractivity contribution is 5.88. The molecular weight excluding hydrogens is 316 g/mol. The van der Waals surface area contributed by atoms with Crippen LogP contribution in [0.15, 0.2) is 77.2 Å². The average molecular weight is 334 g/mol. The van der Waals surface area contributed by atoms with Crippen molar-refractivity contribution in [3.63, 3.8) is 0 Å². The van der Waals surface area contributed by atoms with Gasteiger partial charge in [-0.05, 0) is 55.0 Å². The van der Waals surface area contributed by atoms with Crippen LogP contribution in [0, 0.1) is 6.92 Å². The summed E-state index contributed by atoms with van der Waals surface area (Å²) in [5, 5.41) is 0. The van der Waals surface area contributed by atoms with Crippen LogP contribution >= 0.6 is 0 Å². The van der Waals surface area contributed by atoms with Crippen molar-refractivity contribution in [2.24, 2.45) is 0 Å². The van der Waals surface area contributed by atoms with E-state index in [2.05, 4.69) is 0 Å². The molecule has 0 aliphatic rings. The Bertz CT molecular complexity index is 845. The van der Waals surface area contributed by atoms with E-state index in [1.807, 2.05) is 43.3 Å². The Morgan fingerprint density at radius 3 is 2.36 bits per heavy atom. The van der Waals surface area contributed by atoms with Gasteiger partial charge < -0.3 is 13.9 Å². The van der Waals surface area contributed by atoms with Crippen LogP contribution in [0.1, 0.15) is 17.1 Å². The van der Waals surface area contributed by atoms with Crippen LogP contribution in [-0.4, -0.2) is 5.97 Å². The number of furan rings is 1. The molecule has 25 heavy (non-hydrogen) atoms. The molecule has 0 N–H and O–H groups in total. The topological polar surface area (TPSA) is 48.7 Å². The first-order chi connectivity index (χ1) is 12.2. The molecule has 0 aliphatic heterocycles. The number of carbonyl (C=O) groups is 1. The zero-order valence-electron chi connectivity index (χ0n) is 13.8. The zero-order valence-corrected chi connectivity index (χ0v) is 13.8. The van der Waals surface area contributed by atoms with Gasteiger partial charge in [0.05, 0.1) is 0 Å². The minimum atomic E-state index is -0.466. The number of esters is 1. The van der Waals surface area contributed by atoms with Crippen LogP contribution < -0.4 is 9.47 Å². The standard InChI is InChI=1S/C21H18O4/c1-16-7-8-19(24-16)13-14-21(22)25-20-11-9-18(10-12-20)23-15-17-5-3-2-4-6-17/h2-14H,15H2,1H3. The van der Waals surface area contributed by atoms with Crippen molar-refractivity contribution >= 4 is 12.0 Å². The largest absolute Gasteiger partial charge is 0.489 e. The van der Waals surface area contributed by atoms with Crippen molar-refractivity contribution in [3.05, 3.63) is 89.9 Å². The van der Waals surface area contributed by atoms with Gasteiger partial charge in [0.2, 0.25) is 0 Å². The van der Waals surface area contributed by atoms with Gasteiger partial charge in [-0.3, -0.25) is 0 Å². The minimum Gasteiger partial charge on any atom is -0.489 e. The molecule has 4 nitrogen and oxygen atoms in total. The van der Waals surface area contributed by atoms with Gasteiger partial charge in [0, 0.05) is 6.08 Å². The van der Waals surface area contributed by atoms with E-state index in [4.69, 9.17) is 13.9 Å². The first kappa shape index (κ1) is 16.6. The molecule has 1 aromatic heterocycles. The molecule has 1 heterocycles. The fourth-order valence-electron chi connectivity index (χ4n) is 2.19. The van der Waals surface area contributed by atoms with Gasteiger partial charge in [-0.15, -0.1) is 0 Å². The summed E-state index contributed by atoms with van der Waals surface area (Å²) in [5.74, 6) is 2.10. The molecule has 0 unspecified atom stereocenters. The predicted octanol–water partition coefficient (Wildman–Crippen LogP) is 4.79. The third kappa shape index (κ3) is 5.11. The summed E-state index contributed by atoms with van der Waals surface area (Å²) in [6, 6.07) is 20.5. The summed E-state index contributed by atoms with van der Waals surface area (Å²) in [5.41, 5.74) is 1.09. The van der Waals surface area contributed by atoms with Crippen molar-refractivity contribution < 1.29 is 18.7 Å². The molecule has 4 heteroatoms. The highest BCUT2D eigenvalue weighted by Crippen LogP contribution is 2.19. The van der Waals surface area contributed by atoms with Crippen molar-refractivity contribution in [2.45, 2.75) is 13.5 Å². The molecule has 0 fully saturated rings. The SMILES string of the molecule is Cc1ccc(C=CC(=O)Oc2ccc(OCc3ccccc3)cc2)o1. The van der Waals surface area contributed by atoms with E-state index in [1.54, 1.807) is 36.4 Å². The van der Waals surface area contributed by atoms with E-state index < -0.39 is 5.97 Å². The van der Waals surface area contributed by atoms with Crippen LogP contribution in [0.4, 0.5) is 0 Å². The maximum Gasteiger partial charge on any atom is 0.336 e. The molecule has 0 radical (unpaired) electrons. The Balaban J connectivity index is 1.51. The minimum absolute atomic E-state index is 0.456. The third-order valence-electron chi connectivity index (χ3n) is 3.44. The van der Waals surface area contributed by atoms with Crippen molar-refractivity contribution in [1.29, 1.82) is 0 Å². The molecule has 126 valence electrons. The number of aryl methyl sites for hydroxylation is 1. The highest BCUT2D eigenvalue weighted by Gasteiger charge is 2.03. The van der Waals surface area contributed by atoms with E-state index >= 15 is 0 Å². The van der Waals surface area contributed by atoms with Crippen LogP contribution in [0.3, 0.4) is 0 Å². The molecule has 0 amide bonds. The lowest BCUT2D eigenvalue weighted by atomic mass is 10.2. The number of benzene rings is 2. The van der Waals surface area contributed by atoms with Crippen LogP contribution in [0.2, 0.25) is 0 Å². The lowest BCUT2D eigenvalue weighted by molar-refractivity contribution is -0.128. The molecule has 3 rings (SSSR count). The second kappa shape index (κ2) is 8.02. The molecule has 3 aromatic rings. The van der Waals surface area contributed by atoms with E-state index in [9.17, 15) is 4.79 Å². The lowest BCUT2D eigenvalue weighted by Gasteiger charge is -2.07. The monoisotopic (exact) mass is 334 g/mol. The van der Waals surface area contributed by atoms with Crippen molar-refractivity contribution in [3.8, 4) is 11.5 Å². The molecule has 0 aliphatic carbocycles. The quantitative estimate of drug-likeness (QED) is 0.369.